The minimum Gasteiger partial charge on any atom is -0.507 e. The predicted octanol–water partition coefficient (Wildman–Crippen LogP) is 3.32. The Labute approximate surface area is 143 Å². The van der Waals surface area contributed by atoms with Crippen LogP contribution in [0.15, 0.2) is 53.1 Å². The lowest BCUT2D eigenvalue weighted by molar-refractivity contribution is 0.101. The lowest BCUT2D eigenvalue weighted by atomic mass is 10.1. The average Bonchev–Trinajstić information content (AvgIpc) is 3.12. The number of carbonyl (C=O) groups excluding carboxylic acids is 1. The van der Waals surface area contributed by atoms with Crippen molar-refractivity contribution in [1.29, 1.82) is 0 Å². The number of nitrogens with one attached hydrogen (secondary N) is 1. The summed E-state index contributed by atoms with van der Waals surface area (Å²) in [5.74, 6) is 0.919. The molecule has 2 N–H and O–H groups in total. The number of ether oxygens (including phenoxy) is 2. The zero-order chi connectivity index (χ0) is 17.8. The summed E-state index contributed by atoms with van der Waals surface area (Å²) < 4.78 is 15.5. The van der Waals surface area contributed by atoms with Crippen LogP contribution in [0.3, 0.4) is 0 Å². The summed E-state index contributed by atoms with van der Waals surface area (Å²) in [6.07, 6.45) is 0. The number of phenolic OH excluding ortho intramolecular Hbond substituents is 1. The Morgan fingerprint density at radius 1 is 1.12 bits per heavy atom. The van der Waals surface area contributed by atoms with Crippen LogP contribution in [0.25, 0.3) is 11.3 Å². The molecule has 0 spiro atoms. The van der Waals surface area contributed by atoms with Gasteiger partial charge >= 0.3 is 0 Å². The maximum atomic E-state index is 12.4. The van der Waals surface area contributed by atoms with Crippen molar-refractivity contribution in [3.05, 3.63) is 54.2 Å². The number of aromatic nitrogens is 1. The van der Waals surface area contributed by atoms with E-state index >= 15 is 0 Å². The summed E-state index contributed by atoms with van der Waals surface area (Å²) in [6.45, 7) is 0. The third kappa shape index (κ3) is 3.40. The zero-order valence-corrected chi connectivity index (χ0v) is 13.6. The average molecular weight is 340 g/mol. The minimum atomic E-state index is -0.475. The normalized spacial score (nSPS) is 10.3. The fourth-order valence-electron chi connectivity index (χ4n) is 2.29. The van der Waals surface area contributed by atoms with Gasteiger partial charge in [-0.25, -0.2) is 0 Å². The number of phenols is 1. The van der Waals surface area contributed by atoms with Gasteiger partial charge in [0, 0.05) is 12.1 Å². The molecule has 25 heavy (non-hydrogen) atoms. The van der Waals surface area contributed by atoms with E-state index in [1.165, 1.54) is 26.4 Å². The number of hydrogen-bond donors (Lipinski definition) is 2. The van der Waals surface area contributed by atoms with Crippen LogP contribution in [-0.4, -0.2) is 30.4 Å². The van der Waals surface area contributed by atoms with Crippen molar-refractivity contribution in [3.8, 4) is 28.6 Å². The molecule has 0 bridgehead atoms. The van der Waals surface area contributed by atoms with Crippen LogP contribution in [0.5, 0.6) is 17.2 Å². The van der Waals surface area contributed by atoms with Gasteiger partial charge in [0.05, 0.1) is 25.5 Å². The number of rotatable bonds is 5. The highest BCUT2D eigenvalue weighted by atomic mass is 16.5. The first-order valence-electron chi connectivity index (χ1n) is 7.41. The molecule has 1 amide bonds. The third-order valence-corrected chi connectivity index (χ3v) is 3.57. The molecule has 0 saturated heterocycles. The summed E-state index contributed by atoms with van der Waals surface area (Å²) in [5, 5.41) is 16.3. The number of nitrogens with zero attached hydrogens (tertiary/aromatic N) is 1. The number of methoxy groups -OCH3 is 2. The number of carbonyl (C=O) groups is 1. The number of aromatic hydroxyl groups is 1. The lowest BCUT2D eigenvalue weighted by Gasteiger charge is -2.10. The molecule has 0 atom stereocenters. The number of hydrogen-bond acceptors (Lipinski definition) is 6. The smallest absolute Gasteiger partial charge is 0.277 e. The molecule has 1 aromatic heterocycles. The fraction of sp³-hybridized carbons (Fsp3) is 0.111. The largest absolute Gasteiger partial charge is 0.507 e. The second kappa shape index (κ2) is 6.96. The predicted molar refractivity (Wildman–Crippen MR) is 91.1 cm³/mol. The Bertz CT molecular complexity index is 904. The van der Waals surface area contributed by atoms with Crippen molar-refractivity contribution in [1.82, 2.24) is 5.16 Å². The van der Waals surface area contributed by atoms with E-state index in [4.69, 9.17) is 14.0 Å². The summed E-state index contributed by atoms with van der Waals surface area (Å²) in [7, 11) is 3.04. The Hall–Kier alpha value is -3.48. The quantitative estimate of drug-likeness (QED) is 0.740. The van der Waals surface area contributed by atoms with Gasteiger partial charge in [-0.05, 0) is 24.3 Å². The molecule has 0 radical (unpaired) electrons. The molecular formula is C18H16N2O5. The summed E-state index contributed by atoms with van der Waals surface area (Å²) in [5.41, 5.74) is 0.968. The molecule has 128 valence electrons. The molecule has 7 heteroatoms. The van der Waals surface area contributed by atoms with E-state index in [-0.39, 0.29) is 11.4 Å². The van der Waals surface area contributed by atoms with Crippen molar-refractivity contribution in [3.63, 3.8) is 0 Å². The molecule has 0 aliphatic carbocycles. The van der Waals surface area contributed by atoms with Crippen LogP contribution in [0, 0.1) is 0 Å². The van der Waals surface area contributed by atoms with Crippen LogP contribution >= 0.6 is 0 Å². The monoisotopic (exact) mass is 340 g/mol. The zero-order valence-electron chi connectivity index (χ0n) is 13.6. The van der Waals surface area contributed by atoms with Crippen LogP contribution in [0.4, 0.5) is 5.69 Å². The second-order valence-corrected chi connectivity index (χ2v) is 5.11. The molecule has 0 unspecified atom stereocenters. The molecule has 0 aliphatic rings. The molecule has 3 aromatic rings. The molecule has 2 aromatic carbocycles. The SMILES string of the molecule is COc1ccc(OC)c(NC(=O)c2cc(-c3ccccc3O)on2)c1. The van der Waals surface area contributed by atoms with Crippen molar-refractivity contribution in [2.24, 2.45) is 0 Å². The summed E-state index contributed by atoms with van der Waals surface area (Å²) >= 11 is 0. The Kier molecular flexibility index (Phi) is 4.56. The summed E-state index contributed by atoms with van der Waals surface area (Å²) in [6, 6.07) is 13.1. The maximum Gasteiger partial charge on any atom is 0.277 e. The van der Waals surface area contributed by atoms with E-state index in [1.807, 2.05) is 0 Å². The van der Waals surface area contributed by atoms with Crippen molar-refractivity contribution < 1.29 is 23.9 Å². The topological polar surface area (TPSA) is 93.8 Å². The van der Waals surface area contributed by atoms with Gasteiger partial charge < -0.3 is 24.4 Å². The minimum absolute atomic E-state index is 0.0417. The standard InChI is InChI=1S/C18H16N2O5/c1-23-11-7-8-16(24-2)13(9-11)19-18(22)14-10-17(25-20-14)12-5-3-4-6-15(12)21/h3-10,21H,1-2H3,(H,19,22). The van der Waals surface area contributed by atoms with Gasteiger partial charge in [0.1, 0.15) is 17.2 Å². The van der Waals surface area contributed by atoms with Crippen molar-refractivity contribution in [2.45, 2.75) is 0 Å². The van der Waals surface area contributed by atoms with Gasteiger partial charge in [-0.15, -0.1) is 0 Å². The summed E-state index contributed by atoms with van der Waals surface area (Å²) in [4.78, 5) is 12.4. The van der Waals surface area contributed by atoms with Gasteiger partial charge in [0.2, 0.25) is 0 Å². The van der Waals surface area contributed by atoms with Crippen LogP contribution < -0.4 is 14.8 Å². The first kappa shape index (κ1) is 16.4. The second-order valence-electron chi connectivity index (χ2n) is 5.11. The van der Waals surface area contributed by atoms with Gasteiger partial charge in [-0.2, -0.15) is 0 Å². The fourth-order valence-corrected chi connectivity index (χ4v) is 2.29. The van der Waals surface area contributed by atoms with E-state index in [2.05, 4.69) is 10.5 Å². The van der Waals surface area contributed by atoms with E-state index in [0.29, 0.717) is 28.5 Å². The molecule has 3 rings (SSSR count). The molecule has 0 fully saturated rings. The molecule has 0 saturated carbocycles. The van der Waals surface area contributed by atoms with Gasteiger partial charge in [0.15, 0.2) is 11.5 Å². The first-order chi connectivity index (χ1) is 12.1. The highest BCUT2D eigenvalue weighted by Crippen LogP contribution is 2.31. The van der Waals surface area contributed by atoms with Crippen LogP contribution in [-0.2, 0) is 0 Å². The van der Waals surface area contributed by atoms with Crippen LogP contribution in [0.1, 0.15) is 10.5 Å². The van der Waals surface area contributed by atoms with E-state index in [1.54, 1.807) is 36.4 Å². The highest BCUT2D eigenvalue weighted by Gasteiger charge is 2.17. The molecule has 0 aliphatic heterocycles. The Morgan fingerprint density at radius 3 is 2.64 bits per heavy atom. The number of para-hydroxylation sites is 1. The Morgan fingerprint density at radius 2 is 1.92 bits per heavy atom. The van der Waals surface area contributed by atoms with Crippen LogP contribution in [0.2, 0.25) is 0 Å². The highest BCUT2D eigenvalue weighted by molar-refractivity contribution is 6.04. The first-order valence-corrected chi connectivity index (χ1v) is 7.41. The van der Waals surface area contributed by atoms with Crippen molar-refractivity contribution in [2.75, 3.05) is 19.5 Å². The van der Waals surface area contributed by atoms with Gasteiger partial charge in [-0.1, -0.05) is 17.3 Å². The van der Waals surface area contributed by atoms with Gasteiger partial charge in [0.25, 0.3) is 5.91 Å². The Balaban J connectivity index is 1.85. The third-order valence-electron chi connectivity index (χ3n) is 3.57. The number of amides is 1. The molecule has 7 nitrogen and oxygen atoms in total. The number of anilines is 1. The van der Waals surface area contributed by atoms with E-state index in [9.17, 15) is 9.90 Å². The van der Waals surface area contributed by atoms with E-state index < -0.39 is 5.91 Å². The molecular weight excluding hydrogens is 324 g/mol. The molecule has 1 heterocycles. The van der Waals surface area contributed by atoms with Crippen molar-refractivity contribution >= 4 is 11.6 Å². The van der Waals surface area contributed by atoms with Gasteiger partial charge in [-0.3, -0.25) is 4.79 Å². The maximum absolute atomic E-state index is 12.4. The lowest BCUT2D eigenvalue weighted by Crippen LogP contribution is -2.13. The van der Waals surface area contributed by atoms with E-state index in [0.717, 1.165) is 0 Å². The number of benzene rings is 2.